The highest BCUT2D eigenvalue weighted by atomic mass is 16.2. The molecule has 25 heavy (non-hydrogen) atoms. The summed E-state index contributed by atoms with van der Waals surface area (Å²) in [7, 11) is 0. The molecule has 1 aromatic heterocycles. The fourth-order valence-corrected chi connectivity index (χ4v) is 3.80. The Labute approximate surface area is 145 Å². The van der Waals surface area contributed by atoms with Crippen LogP contribution in [-0.4, -0.2) is 29.1 Å². The number of hydrogen-bond acceptors (Lipinski definition) is 4. The Morgan fingerprint density at radius 3 is 2.88 bits per heavy atom. The van der Waals surface area contributed by atoms with Gasteiger partial charge in [0, 0.05) is 28.4 Å². The second kappa shape index (κ2) is 6.33. The van der Waals surface area contributed by atoms with Gasteiger partial charge in [0.15, 0.2) is 0 Å². The minimum atomic E-state index is -0.522. The normalized spacial score (nSPS) is 18.7. The number of hydrazone groups is 1. The summed E-state index contributed by atoms with van der Waals surface area (Å²) in [5, 5.41) is 7.57. The van der Waals surface area contributed by atoms with Crippen LogP contribution in [0.2, 0.25) is 0 Å². The molecular weight excluding hydrogens is 318 g/mol. The molecule has 0 spiro atoms. The van der Waals surface area contributed by atoms with E-state index in [0.29, 0.717) is 11.3 Å². The van der Waals surface area contributed by atoms with Crippen molar-refractivity contribution in [1.29, 1.82) is 0 Å². The molecule has 7 nitrogen and oxygen atoms in total. The van der Waals surface area contributed by atoms with Crippen molar-refractivity contribution in [2.45, 2.75) is 38.1 Å². The van der Waals surface area contributed by atoms with E-state index in [1.165, 1.54) is 6.42 Å². The van der Waals surface area contributed by atoms with Gasteiger partial charge in [-0.3, -0.25) is 9.59 Å². The first-order valence-electron chi connectivity index (χ1n) is 8.68. The zero-order chi connectivity index (χ0) is 17.4. The number of amides is 2. The summed E-state index contributed by atoms with van der Waals surface area (Å²) in [4.78, 5) is 27.9. The Hall–Kier alpha value is -2.67. The van der Waals surface area contributed by atoms with Crippen LogP contribution < -0.4 is 16.5 Å². The summed E-state index contributed by atoms with van der Waals surface area (Å²) in [6, 6.07) is 2.97. The topological polar surface area (TPSA) is 112 Å². The summed E-state index contributed by atoms with van der Waals surface area (Å²) < 4.78 is 0. The highest BCUT2D eigenvalue weighted by Crippen LogP contribution is 2.29. The van der Waals surface area contributed by atoms with Crippen LogP contribution in [0.3, 0.4) is 0 Å². The Morgan fingerprint density at radius 2 is 2.08 bits per heavy atom. The largest absolute Gasteiger partial charge is 0.360 e. The van der Waals surface area contributed by atoms with Gasteiger partial charge in [0.05, 0.1) is 17.8 Å². The number of anilines is 1. The van der Waals surface area contributed by atoms with Crippen molar-refractivity contribution in [3.63, 3.8) is 0 Å². The molecular formula is C18H21N5O2. The molecule has 1 fully saturated rings. The fourth-order valence-electron chi connectivity index (χ4n) is 3.80. The number of aromatic amines is 1. The maximum atomic E-state index is 12.5. The van der Waals surface area contributed by atoms with E-state index in [1.54, 1.807) is 18.5 Å². The third kappa shape index (κ3) is 2.91. The lowest BCUT2D eigenvalue weighted by Crippen LogP contribution is -2.42. The highest BCUT2D eigenvalue weighted by Gasteiger charge is 2.27. The predicted molar refractivity (Wildman–Crippen MR) is 96.5 cm³/mol. The van der Waals surface area contributed by atoms with E-state index >= 15 is 0 Å². The molecule has 4 rings (SSSR count). The minimum absolute atomic E-state index is 0.199. The smallest absolute Gasteiger partial charge is 0.272 e. The van der Waals surface area contributed by atoms with Crippen LogP contribution >= 0.6 is 0 Å². The minimum Gasteiger partial charge on any atom is -0.360 e. The van der Waals surface area contributed by atoms with Crippen molar-refractivity contribution >= 4 is 34.6 Å². The standard InChI is InChI=1S/C18H21N5O2/c19-16(10-4-2-1-3-5-10)18(25)22-12-6-13-15-11(8-20-14(15)7-12)9-21-23-17(13)24/h6-10,16,20H,1-5,19H2,(H,22,25)(H,23,24)/t16-/m1/s1. The number of nitrogens with zero attached hydrogens (tertiary/aromatic N) is 1. The molecule has 0 radical (unpaired) electrons. The Balaban J connectivity index is 1.61. The average Bonchev–Trinajstić information content (AvgIpc) is 2.96. The van der Waals surface area contributed by atoms with Gasteiger partial charge >= 0.3 is 0 Å². The number of benzene rings is 1. The maximum Gasteiger partial charge on any atom is 0.272 e. The van der Waals surface area contributed by atoms with Crippen molar-refractivity contribution in [3.8, 4) is 0 Å². The van der Waals surface area contributed by atoms with Crippen LogP contribution in [0, 0.1) is 5.92 Å². The number of nitrogens with one attached hydrogen (secondary N) is 3. The zero-order valence-electron chi connectivity index (χ0n) is 13.8. The van der Waals surface area contributed by atoms with Crippen LogP contribution in [0.5, 0.6) is 0 Å². The second-order valence-corrected chi connectivity index (χ2v) is 6.80. The van der Waals surface area contributed by atoms with Gasteiger partial charge < -0.3 is 16.0 Å². The Morgan fingerprint density at radius 1 is 1.28 bits per heavy atom. The maximum absolute atomic E-state index is 12.5. The molecule has 2 aromatic rings. The SMILES string of the molecule is N[C@@H](C(=O)Nc1cc2c3c(c[nH]c3c1)C=NNC2=O)C1CCCCC1. The molecule has 2 amide bonds. The van der Waals surface area contributed by atoms with E-state index in [2.05, 4.69) is 20.8 Å². The summed E-state index contributed by atoms with van der Waals surface area (Å²) >= 11 is 0. The van der Waals surface area contributed by atoms with Crippen molar-refractivity contribution in [3.05, 3.63) is 29.5 Å². The monoisotopic (exact) mass is 339 g/mol. The van der Waals surface area contributed by atoms with Crippen molar-refractivity contribution in [2.24, 2.45) is 16.8 Å². The van der Waals surface area contributed by atoms with Crippen molar-refractivity contribution < 1.29 is 9.59 Å². The number of aromatic nitrogens is 1. The van der Waals surface area contributed by atoms with E-state index in [1.807, 2.05) is 6.07 Å². The van der Waals surface area contributed by atoms with E-state index in [4.69, 9.17) is 5.73 Å². The average molecular weight is 339 g/mol. The molecule has 2 aliphatic rings. The van der Waals surface area contributed by atoms with Crippen molar-refractivity contribution in [1.82, 2.24) is 10.4 Å². The number of nitrogens with two attached hydrogens (primary N) is 1. The van der Waals surface area contributed by atoms with Gasteiger partial charge in [0.25, 0.3) is 5.91 Å². The fraction of sp³-hybridized carbons (Fsp3) is 0.389. The van der Waals surface area contributed by atoms with E-state index in [-0.39, 0.29) is 17.7 Å². The van der Waals surface area contributed by atoms with Crippen LogP contribution in [0.15, 0.2) is 23.4 Å². The van der Waals surface area contributed by atoms with Crippen LogP contribution in [0.1, 0.15) is 48.0 Å². The Kier molecular flexibility index (Phi) is 4.01. The molecule has 1 aliphatic heterocycles. The molecule has 0 unspecified atom stereocenters. The first kappa shape index (κ1) is 15.8. The number of hydrogen-bond donors (Lipinski definition) is 4. The van der Waals surface area contributed by atoms with Gasteiger partial charge in [0.1, 0.15) is 0 Å². The number of rotatable bonds is 3. The number of carbonyl (C=O) groups excluding carboxylic acids is 2. The predicted octanol–water partition coefficient (Wildman–Crippen LogP) is 2.09. The third-order valence-electron chi connectivity index (χ3n) is 5.15. The summed E-state index contributed by atoms with van der Waals surface area (Å²) in [5.41, 5.74) is 11.3. The Bertz CT molecular complexity index is 864. The first-order chi connectivity index (χ1) is 12.1. The second-order valence-electron chi connectivity index (χ2n) is 6.80. The summed E-state index contributed by atoms with van der Waals surface area (Å²) in [5.74, 6) is -0.268. The molecule has 1 aliphatic carbocycles. The quantitative estimate of drug-likeness (QED) is 0.687. The van der Waals surface area contributed by atoms with E-state index in [0.717, 1.165) is 42.1 Å². The van der Waals surface area contributed by atoms with Crippen LogP contribution in [0.4, 0.5) is 5.69 Å². The molecule has 0 saturated heterocycles. The molecule has 130 valence electrons. The van der Waals surface area contributed by atoms with Gasteiger partial charge in [-0.05, 0) is 30.9 Å². The van der Waals surface area contributed by atoms with E-state index in [9.17, 15) is 9.59 Å². The lowest BCUT2D eigenvalue weighted by Gasteiger charge is -2.26. The van der Waals surface area contributed by atoms with Crippen LogP contribution in [-0.2, 0) is 4.79 Å². The van der Waals surface area contributed by atoms with Gasteiger partial charge in [-0.25, -0.2) is 5.43 Å². The first-order valence-corrected chi connectivity index (χ1v) is 8.68. The lowest BCUT2D eigenvalue weighted by molar-refractivity contribution is -0.118. The summed E-state index contributed by atoms with van der Waals surface area (Å²) in [6.45, 7) is 0. The molecule has 1 atom stereocenters. The number of carbonyl (C=O) groups is 2. The van der Waals surface area contributed by atoms with Gasteiger partial charge in [-0.15, -0.1) is 0 Å². The van der Waals surface area contributed by atoms with Gasteiger partial charge in [-0.2, -0.15) is 5.10 Å². The molecule has 1 saturated carbocycles. The van der Waals surface area contributed by atoms with E-state index < -0.39 is 6.04 Å². The van der Waals surface area contributed by atoms with Crippen molar-refractivity contribution in [2.75, 3.05) is 5.32 Å². The molecule has 7 heteroatoms. The lowest BCUT2D eigenvalue weighted by atomic mass is 9.84. The molecule has 0 bridgehead atoms. The molecule has 2 heterocycles. The third-order valence-corrected chi connectivity index (χ3v) is 5.15. The van der Waals surface area contributed by atoms with Gasteiger partial charge in [0.2, 0.25) is 5.91 Å². The highest BCUT2D eigenvalue weighted by molar-refractivity contribution is 6.15. The molecule has 1 aromatic carbocycles. The number of H-pyrrole nitrogens is 1. The zero-order valence-corrected chi connectivity index (χ0v) is 13.8. The molecule has 5 N–H and O–H groups in total. The summed E-state index contributed by atoms with van der Waals surface area (Å²) in [6.07, 6.45) is 8.87. The van der Waals surface area contributed by atoms with Crippen LogP contribution in [0.25, 0.3) is 10.9 Å². The van der Waals surface area contributed by atoms with Gasteiger partial charge in [-0.1, -0.05) is 19.3 Å².